The summed E-state index contributed by atoms with van der Waals surface area (Å²) in [5.74, 6) is 3.26. The van der Waals surface area contributed by atoms with Crippen molar-refractivity contribution in [3.63, 3.8) is 0 Å². The van der Waals surface area contributed by atoms with E-state index in [1.165, 1.54) is 5.56 Å². The van der Waals surface area contributed by atoms with Crippen molar-refractivity contribution in [2.75, 3.05) is 19.7 Å². The normalized spacial score (nSPS) is 17.3. The van der Waals surface area contributed by atoms with Crippen molar-refractivity contribution >= 4 is 0 Å². The van der Waals surface area contributed by atoms with Gasteiger partial charge in [-0.25, -0.2) is 0 Å². The SMILES string of the molecule is C#CCOc1ccc(CN2CCC(O)CC2)cc1. The smallest absolute Gasteiger partial charge is 0.148 e. The zero-order valence-corrected chi connectivity index (χ0v) is 10.5. The summed E-state index contributed by atoms with van der Waals surface area (Å²) in [5, 5.41) is 9.45. The molecule has 1 fully saturated rings. The van der Waals surface area contributed by atoms with Gasteiger partial charge < -0.3 is 9.84 Å². The topological polar surface area (TPSA) is 32.7 Å². The van der Waals surface area contributed by atoms with Crippen LogP contribution in [0, 0.1) is 12.3 Å². The van der Waals surface area contributed by atoms with Crippen molar-refractivity contribution in [3.8, 4) is 18.1 Å². The quantitative estimate of drug-likeness (QED) is 0.819. The zero-order chi connectivity index (χ0) is 12.8. The van der Waals surface area contributed by atoms with Crippen molar-refractivity contribution in [1.82, 2.24) is 4.90 Å². The lowest BCUT2D eigenvalue weighted by Gasteiger charge is -2.29. The number of ether oxygens (including phenoxy) is 1. The number of aliphatic hydroxyl groups is 1. The number of hydrogen-bond donors (Lipinski definition) is 1. The third-order valence-corrected chi connectivity index (χ3v) is 3.21. The summed E-state index contributed by atoms with van der Waals surface area (Å²) in [4.78, 5) is 2.37. The molecule has 3 nitrogen and oxygen atoms in total. The van der Waals surface area contributed by atoms with E-state index in [9.17, 15) is 5.11 Å². The predicted octanol–water partition coefficient (Wildman–Crippen LogP) is 1.66. The molecule has 0 spiro atoms. The molecule has 0 unspecified atom stereocenters. The molecule has 0 atom stereocenters. The third kappa shape index (κ3) is 3.76. The lowest BCUT2D eigenvalue weighted by Crippen LogP contribution is -2.35. The summed E-state index contributed by atoms with van der Waals surface area (Å²) in [7, 11) is 0. The first-order valence-corrected chi connectivity index (χ1v) is 6.33. The minimum absolute atomic E-state index is 0.110. The molecule has 0 amide bonds. The van der Waals surface area contributed by atoms with E-state index in [1.807, 2.05) is 12.1 Å². The fourth-order valence-corrected chi connectivity index (χ4v) is 2.15. The van der Waals surface area contributed by atoms with Gasteiger partial charge in [-0.3, -0.25) is 4.90 Å². The Kier molecular flexibility index (Phi) is 4.63. The van der Waals surface area contributed by atoms with Gasteiger partial charge in [0, 0.05) is 19.6 Å². The van der Waals surface area contributed by atoms with E-state index in [-0.39, 0.29) is 6.10 Å². The van der Waals surface area contributed by atoms with Crippen LogP contribution < -0.4 is 4.74 Å². The second-order valence-electron chi connectivity index (χ2n) is 4.64. The number of benzene rings is 1. The maximum Gasteiger partial charge on any atom is 0.148 e. The van der Waals surface area contributed by atoms with Crippen molar-refractivity contribution in [1.29, 1.82) is 0 Å². The van der Waals surface area contributed by atoms with Gasteiger partial charge in [-0.15, -0.1) is 6.42 Å². The van der Waals surface area contributed by atoms with Crippen LogP contribution >= 0.6 is 0 Å². The standard InChI is InChI=1S/C15H19NO2/c1-2-11-18-15-5-3-13(4-6-15)12-16-9-7-14(17)8-10-16/h1,3-6,14,17H,7-12H2. The van der Waals surface area contributed by atoms with Gasteiger partial charge in [0.2, 0.25) is 0 Å². The number of rotatable bonds is 4. The Hall–Kier alpha value is -1.50. The molecule has 0 aliphatic carbocycles. The highest BCUT2D eigenvalue weighted by Gasteiger charge is 2.16. The van der Waals surface area contributed by atoms with Gasteiger partial charge in [0.1, 0.15) is 12.4 Å². The molecule has 18 heavy (non-hydrogen) atoms. The van der Waals surface area contributed by atoms with Crippen LogP contribution in [0.25, 0.3) is 0 Å². The van der Waals surface area contributed by atoms with Gasteiger partial charge >= 0.3 is 0 Å². The molecule has 0 radical (unpaired) electrons. The summed E-state index contributed by atoms with van der Waals surface area (Å²) in [6.45, 7) is 3.18. The summed E-state index contributed by atoms with van der Waals surface area (Å²) in [5.41, 5.74) is 1.26. The van der Waals surface area contributed by atoms with Gasteiger partial charge in [-0.2, -0.15) is 0 Å². The Balaban J connectivity index is 1.84. The van der Waals surface area contributed by atoms with Gasteiger partial charge in [0.25, 0.3) is 0 Å². The molecule has 2 rings (SSSR count). The Morgan fingerprint density at radius 2 is 1.94 bits per heavy atom. The number of terminal acetylenes is 1. The molecule has 1 aromatic carbocycles. The van der Waals surface area contributed by atoms with E-state index >= 15 is 0 Å². The second kappa shape index (κ2) is 6.44. The zero-order valence-electron chi connectivity index (χ0n) is 10.5. The molecule has 1 heterocycles. The fourth-order valence-electron chi connectivity index (χ4n) is 2.15. The average Bonchev–Trinajstić information content (AvgIpc) is 2.41. The highest BCUT2D eigenvalue weighted by Crippen LogP contribution is 2.16. The highest BCUT2D eigenvalue weighted by atomic mass is 16.5. The van der Waals surface area contributed by atoms with Crippen molar-refractivity contribution in [2.24, 2.45) is 0 Å². The number of nitrogens with zero attached hydrogens (tertiary/aromatic N) is 1. The Morgan fingerprint density at radius 1 is 1.28 bits per heavy atom. The molecule has 96 valence electrons. The van der Waals surface area contributed by atoms with E-state index in [1.54, 1.807) is 0 Å². The molecule has 1 aromatic rings. The van der Waals surface area contributed by atoms with Gasteiger partial charge in [-0.1, -0.05) is 18.1 Å². The average molecular weight is 245 g/mol. The molecule has 0 saturated carbocycles. The summed E-state index contributed by atoms with van der Waals surface area (Å²) >= 11 is 0. The molecule has 1 aliphatic heterocycles. The highest BCUT2D eigenvalue weighted by molar-refractivity contribution is 5.27. The minimum Gasteiger partial charge on any atom is -0.481 e. The maximum absolute atomic E-state index is 9.45. The molecule has 0 aromatic heterocycles. The van der Waals surface area contributed by atoms with E-state index < -0.39 is 0 Å². The number of piperidine rings is 1. The maximum atomic E-state index is 9.45. The van der Waals surface area contributed by atoms with Crippen LogP contribution in [-0.4, -0.2) is 35.8 Å². The van der Waals surface area contributed by atoms with Gasteiger partial charge in [-0.05, 0) is 30.5 Å². The van der Waals surface area contributed by atoms with Crippen LogP contribution in [0.4, 0.5) is 0 Å². The molecule has 1 saturated heterocycles. The largest absolute Gasteiger partial charge is 0.481 e. The molecular weight excluding hydrogens is 226 g/mol. The molecule has 3 heteroatoms. The first-order chi connectivity index (χ1) is 8.78. The van der Waals surface area contributed by atoms with Crippen molar-refractivity contribution < 1.29 is 9.84 Å². The monoisotopic (exact) mass is 245 g/mol. The van der Waals surface area contributed by atoms with Crippen LogP contribution in [0.2, 0.25) is 0 Å². The Morgan fingerprint density at radius 3 is 2.56 bits per heavy atom. The molecular formula is C15H19NO2. The van der Waals surface area contributed by atoms with Crippen molar-refractivity contribution in [3.05, 3.63) is 29.8 Å². The van der Waals surface area contributed by atoms with E-state index in [0.717, 1.165) is 38.2 Å². The van der Waals surface area contributed by atoms with E-state index in [0.29, 0.717) is 6.61 Å². The van der Waals surface area contributed by atoms with Gasteiger partial charge in [0.05, 0.1) is 6.10 Å². The Bertz CT molecular complexity index is 399. The number of likely N-dealkylation sites (tertiary alicyclic amines) is 1. The molecule has 0 bridgehead atoms. The summed E-state index contributed by atoms with van der Waals surface area (Å²) < 4.78 is 5.33. The lowest BCUT2D eigenvalue weighted by molar-refractivity contribution is 0.0792. The molecule has 1 aliphatic rings. The fraction of sp³-hybridized carbons (Fsp3) is 0.467. The number of aliphatic hydroxyl groups excluding tert-OH is 1. The van der Waals surface area contributed by atoms with Crippen molar-refractivity contribution in [2.45, 2.75) is 25.5 Å². The predicted molar refractivity (Wildman–Crippen MR) is 71.3 cm³/mol. The van der Waals surface area contributed by atoms with Crippen LogP contribution in [0.1, 0.15) is 18.4 Å². The number of hydrogen-bond acceptors (Lipinski definition) is 3. The summed E-state index contributed by atoms with van der Waals surface area (Å²) in [6, 6.07) is 8.03. The van der Waals surface area contributed by atoms with Crippen LogP contribution in [-0.2, 0) is 6.54 Å². The third-order valence-electron chi connectivity index (χ3n) is 3.21. The minimum atomic E-state index is -0.110. The van der Waals surface area contributed by atoms with E-state index in [2.05, 4.69) is 23.0 Å². The summed E-state index contributed by atoms with van der Waals surface area (Å²) in [6.07, 6.45) is 6.79. The van der Waals surface area contributed by atoms with Crippen LogP contribution in [0.5, 0.6) is 5.75 Å². The molecule has 1 N–H and O–H groups in total. The first kappa shape index (κ1) is 12.9. The van der Waals surface area contributed by atoms with Crippen LogP contribution in [0.3, 0.4) is 0 Å². The first-order valence-electron chi connectivity index (χ1n) is 6.33. The lowest BCUT2D eigenvalue weighted by atomic mass is 10.1. The van der Waals surface area contributed by atoms with E-state index in [4.69, 9.17) is 11.2 Å². The Labute approximate surface area is 108 Å². The van der Waals surface area contributed by atoms with Crippen LogP contribution in [0.15, 0.2) is 24.3 Å². The van der Waals surface area contributed by atoms with Gasteiger partial charge in [0.15, 0.2) is 0 Å². The second-order valence-corrected chi connectivity index (χ2v) is 4.64.